The monoisotopic (exact) mass is 209 g/mol. The fourth-order valence-corrected chi connectivity index (χ4v) is 3.17. The van der Waals surface area contributed by atoms with Crippen LogP contribution in [0.3, 0.4) is 0 Å². The molecular formula is C12H19NS. The van der Waals surface area contributed by atoms with Gasteiger partial charge in [-0.05, 0) is 36.3 Å². The van der Waals surface area contributed by atoms with E-state index < -0.39 is 0 Å². The number of rotatable bonds is 2. The highest BCUT2D eigenvalue weighted by Crippen LogP contribution is 2.36. The molecule has 0 unspecified atom stereocenters. The van der Waals surface area contributed by atoms with Gasteiger partial charge in [-0.15, -0.1) is 11.3 Å². The fourth-order valence-electron chi connectivity index (χ4n) is 2.07. The van der Waals surface area contributed by atoms with E-state index in [4.69, 9.17) is 0 Å². The molecule has 0 radical (unpaired) electrons. The van der Waals surface area contributed by atoms with Crippen molar-refractivity contribution < 1.29 is 0 Å². The number of hydrogen-bond acceptors (Lipinski definition) is 2. The molecule has 0 aromatic carbocycles. The molecule has 1 aliphatic rings. The minimum Gasteiger partial charge on any atom is -0.292 e. The Labute approximate surface area is 90.7 Å². The van der Waals surface area contributed by atoms with E-state index in [2.05, 4.69) is 38.0 Å². The van der Waals surface area contributed by atoms with Crippen molar-refractivity contribution in [3.63, 3.8) is 0 Å². The summed E-state index contributed by atoms with van der Waals surface area (Å²) in [5, 5.41) is 2.35. The molecular weight excluding hydrogens is 190 g/mol. The molecule has 14 heavy (non-hydrogen) atoms. The summed E-state index contributed by atoms with van der Waals surface area (Å²) in [4.78, 5) is 4.15. The minimum atomic E-state index is 0.674. The van der Waals surface area contributed by atoms with Crippen molar-refractivity contribution in [2.24, 2.45) is 0 Å². The van der Waals surface area contributed by atoms with Crippen molar-refractivity contribution >= 4 is 11.3 Å². The summed E-state index contributed by atoms with van der Waals surface area (Å²) in [5.41, 5.74) is 3.20. The van der Waals surface area contributed by atoms with Crippen LogP contribution in [-0.2, 0) is 13.1 Å². The lowest BCUT2D eigenvalue weighted by molar-refractivity contribution is 0.227. The Balaban J connectivity index is 2.24. The minimum absolute atomic E-state index is 0.674. The number of nitrogens with zero attached hydrogens (tertiary/aromatic N) is 1. The first-order valence-electron chi connectivity index (χ1n) is 5.42. The molecule has 0 bridgehead atoms. The highest BCUT2D eigenvalue weighted by molar-refractivity contribution is 7.10. The smallest absolute Gasteiger partial charge is 0.0254 e. The van der Waals surface area contributed by atoms with Crippen LogP contribution in [-0.4, -0.2) is 10.9 Å². The molecule has 0 saturated carbocycles. The zero-order valence-electron chi connectivity index (χ0n) is 9.50. The maximum atomic E-state index is 2.54. The summed E-state index contributed by atoms with van der Waals surface area (Å²) in [6, 6.07) is 0.674. The van der Waals surface area contributed by atoms with Gasteiger partial charge < -0.3 is 0 Å². The predicted octanol–water partition coefficient (Wildman–Crippen LogP) is 3.60. The fraction of sp³-hybridized carbons (Fsp3) is 0.667. The van der Waals surface area contributed by atoms with Crippen molar-refractivity contribution in [3.8, 4) is 0 Å². The van der Waals surface area contributed by atoms with Gasteiger partial charge in [0, 0.05) is 24.0 Å². The Morgan fingerprint density at radius 2 is 1.93 bits per heavy atom. The Morgan fingerprint density at radius 1 is 1.21 bits per heavy atom. The Kier molecular flexibility index (Phi) is 2.67. The van der Waals surface area contributed by atoms with Crippen molar-refractivity contribution in [2.75, 3.05) is 0 Å². The largest absolute Gasteiger partial charge is 0.292 e. The highest BCUT2D eigenvalue weighted by Gasteiger charge is 2.25. The molecule has 0 N–H and O–H groups in total. The summed E-state index contributed by atoms with van der Waals surface area (Å²) in [7, 11) is 0. The van der Waals surface area contributed by atoms with E-state index in [1.807, 2.05) is 11.3 Å². The number of hydrogen-bond donors (Lipinski definition) is 0. The second-order valence-electron chi connectivity index (χ2n) is 4.76. The van der Waals surface area contributed by atoms with Crippen molar-refractivity contribution in [1.82, 2.24) is 4.90 Å². The van der Waals surface area contributed by atoms with Gasteiger partial charge in [0.05, 0.1) is 0 Å². The molecule has 0 spiro atoms. The van der Waals surface area contributed by atoms with Crippen LogP contribution in [0.5, 0.6) is 0 Å². The van der Waals surface area contributed by atoms with E-state index >= 15 is 0 Å². The van der Waals surface area contributed by atoms with E-state index in [-0.39, 0.29) is 0 Å². The number of fused-ring (bicyclic) bond motifs is 1. The predicted molar refractivity (Wildman–Crippen MR) is 62.8 cm³/mol. The van der Waals surface area contributed by atoms with Gasteiger partial charge in [-0.2, -0.15) is 0 Å². The number of thiophene rings is 1. The van der Waals surface area contributed by atoms with E-state index in [9.17, 15) is 0 Å². The van der Waals surface area contributed by atoms with E-state index in [1.54, 1.807) is 16.0 Å². The van der Waals surface area contributed by atoms with Crippen LogP contribution < -0.4 is 0 Å². The third-order valence-electron chi connectivity index (χ3n) is 3.00. The van der Waals surface area contributed by atoms with Gasteiger partial charge in [-0.25, -0.2) is 0 Å². The zero-order chi connectivity index (χ0) is 10.3. The first kappa shape index (κ1) is 10.2. The van der Waals surface area contributed by atoms with Crippen LogP contribution in [0, 0.1) is 0 Å². The first-order valence-corrected chi connectivity index (χ1v) is 6.30. The average molecular weight is 209 g/mol. The topological polar surface area (TPSA) is 3.24 Å². The summed E-state index contributed by atoms with van der Waals surface area (Å²) < 4.78 is 0. The summed E-state index contributed by atoms with van der Waals surface area (Å²) >= 11 is 1.95. The second-order valence-corrected chi connectivity index (χ2v) is 5.67. The Morgan fingerprint density at radius 3 is 2.50 bits per heavy atom. The Hall–Kier alpha value is -0.340. The molecule has 0 atom stereocenters. The molecule has 78 valence electrons. The van der Waals surface area contributed by atoms with Gasteiger partial charge in [0.2, 0.25) is 0 Å². The lowest BCUT2D eigenvalue weighted by Gasteiger charge is -2.19. The standard InChI is InChI=1S/C12H19NS/c1-8(2)12-11-6-13(9(3)4)5-10(11)7-14-12/h7-9H,5-6H2,1-4H3. The van der Waals surface area contributed by atoms with Gasteiger partial charge in [0.25, 0.3) is 0 Å². The quantitative estimate of drug-likeness (QED) is 0.719. The molecule has 0 saturated heterocycles. The third-order valence-corrected chi connectivity index (χ3v) is 4.38. The molecule has 0 aliphatic carbocycles. The lowest BCUT2D eigenvalue weighted by atomic mass is 10.1. The van der Waals surface area contributed by atoms with Gasteiger partial charge in [-0.1, -0.05) is 13.8 Å². The SMILES string of the molecule is CC(C)c1scc2c1CN(C(C)C)C2. The lowest BCUT2D eigenvalue weighted by Crippen LogP contribution is -2.24. The van der Waals surface area contributed by atoms with Gasteiger partial charge in [-0.3, -0.25) is 4.90 Å². The normalized spacial score (nSPS) is 17.0. The van der Waals surface area contributed by atoms with Crippen LogP contribution in [0.1, 0.15) is 49.6 Å². The summed E-state index contributed by atoms with van der Waals surface area (Å²) in [6.45, 7) is 11.5. The highest BCUT2D eigenvalue weighted by atomic mass is 32.1. The third kappa shape index (κ3) is 1.61. The first-order chi connectivity index (χ1) is 6.59. The maximum Gasteiger partial charge on any atom is 0.0254 e. The van der Waals surface area contributed by atoms with Crippen LogP contribution >= 0.6 is 11.3 Å². The summed E-state index contributed by atoms with van der Waals surface area (Å²) in [5.74, 6) is 0.691. The molecule has 0 amide bonds. The van der Waals surface area contributed by atoms with Gasteiger partial charge in [0.1, 0.15) is 0 Å². The van der Waals surface area contributed by atoms with Crippen LogP contribution in [0.15, 0.2) is 5.38 Å². The summed E-state index contributed by atoms with van der Waals surface area (Å²) in [6.07, 6.45) is 0. The molecule has 1 nitrogen and oxygen atoms in total. The van der Waals surface area contributed by atoms with Crippen LogP contribution in [0.2, 0.25) is 0 Å². The molecule has 2 heteroatoms. The zero-order valence-corrected chi connectivity index (χ0v) is 10.3. The average Bonchev–Trinajstić information content (AvgIpc) is 2.58. The van der Waals surface area contributed by atoms with Gasteiger partial charge >= 0.3 is 0 Å². The van der Waals surface area contributed by atoms with Crippen LogP contribution in [0.25, 0.3) is 0 Å². The molecule has 0 fully saturated rings. The van der Waals surface area contributed by atoms with Crippen molar-refractivity contribution in [2.45, 2.75) is 52.7 Å². The van der Waals surface area contributed by atoms with E-state index in [0.717, 1.165) is 6.54 Å². The molecule has 2 rings (SSSR count). The maximum absolute atomic E-state index is 2.54. The Bertz CT molecular complexity index is 325. The second kappa shape index (κ2) is 3.67. The molecule has 1 aromatic heterocycles. The van der Waals surface area contributed by atoms with E-state index in [0.29, 0.717) is 12.0 Å². The van der Waals surface area contributed by atoms with Crippen LogP contribution in [0.4, 0.5) is 0 Å². The molecule has 1 aromatic rings. The molecule has 2 heterocycles. The van der Waals surface area contributed by atoms with Gasteiger partial charge in [0.15, 0.2) is 0 Å². The molecule has 1 aliphatic heterocycles. The van der Waals surface area contributed by atoms with E-state index in [1.165, 1.54) is 6.54 Å². The van der Waals surface area contributed by atoms with Crippen molar-refractivity contribution in [1.29, 1.82) is 0 Å². The van der Waals surface area contributed by atoms with Crippen molar-refractivity contribution in [3.05, 3.63) is 21.4 Å².